The lowest BCUT2D eigenvalue weighted by Gasteiger charge is -2.25. The Kier molecular flexibility index (Phi) is 1.99. The normalized spacial score (nSPS) is 45.6. The fraction of sp³-hybridized carbons (Fsp3) is 0.818. The number of rotatable bonds is 1. The quantitative estimate of drug-likeness (QED) is 0.593. The molecule has 0 saturated heterocycles. The van der Waals surface area contributed by atoms with Crippen LogP contribution in [0.1, 0.15) is 33.1 Å². The van der Waals surface area contributed by atoms with Crippen LogP contribution in [0.3, 0.4) is 0 Å². The van der Waals surface area contributed by atoms with Crippen LogP contribution in [-0.4, -0.2) is 11.2 Å². The van der Waals surface area contributed by atoms with Gasteiger partial charge in [0.1, 0.15) is 0 Å². The van der Waals surface area contributed by atoms with Gasteiger partial charge in [-0.05, 0) is 50.9 Å². The predicted octanol–water partition coefficient (Wildman–Crippen LogP) is 2.36. The lowest BCUT2D eigenvalue weighted by atomic mass is 9.83. The van der Waals surface area contributed by atoms with Crippen LogP contribution < -0.4 is 0 Å². The molecule has 2 saturated carbocycles. The van der Waals surface area contributed by atoms with Crippen LogP contribution in [0.4, 0.5) is 0 Å². The van der Waals surface area contributed by atoms with Crippen molar-refractivity contribution < 1.29 is 5.11 Å². The minimum Gasteiger partial charge on any atom is -0.393 e. The summed E-state index contributed by atoms with van der Waals surface area (Å²) in [5, 5.41) is 9.51. The molecule has 0 aromatic heterocycles. The van der Waals surface area contributed by atoms with E-state index in [1.165, 1.54) is 19.3 Å². The van der Waals surface area contributed by atoms with E-state index in [1.54, 1.807) is 5.57 Å². The third kappa shape index (κ3) is 1.11. The van der Waals surface area contributed by atoms with Crippen LogP contribution >= 0.6 is 0 Å². The SMILES string of the molecule is C/C=C1\CC2CC1CC2C(C)O. The molecule has 2 fully saturated rings. The summed E-state index contributed by atoms with van der Waals surface area (Å²) in [5.41, 5.74) is 1.65. The Bertz CT molecular complexity index is 205. The lowest BCUT2D eigenvalue weighted by molar-refractivity contribution is 0.0969. The van der Waals surface area contributed by atoms with Gasteiger partial charge in [-0.25, -0.2) is 0 Å². The molecule has 2 aliphatic carbocycles. The topological polar surface area (TPSA) is 20.2 Å². The molecule has 2 rings (SSSR count). The zero-order valence-electron chi connectivity index (χ0n) is 7.96. The van der Waals surface area contributed by atoms with Crippen molar-refractivity contribution in [2.24, 2.45) is 17.8 Å². The average Bonchev–Trinajstić information content (AvgIpc) is 2.60. The van der Waals surface area contributed by atoms with Gasteiger partial charge in [-0.3, -0.25) is 0 Å². The molecule has 2 aliphatic rings. The number of aliphatic hydroxyl groups excluding tert-OH is 1. The predicted molar refractivity (Wildman–Crippen MR) is 49.8 cm³/mol. The van der Waals surface area contributed by atoms with E-state index in [2.05, 4.69) is 13.0 Å². The van der Waals surface area contributed by atoms with E-state index in [0.717, 1.165) is 11.8 Å². The summed E-state index contributed by atoms with van der Waals surface area (Å²) in [6.45, 7) is 4.09. The molecule has 68 valence electrons. The van der Waals surface area contributed by atoms with Crippen LogP contribution in [0.5, 0.6) is 0 Å². The molecule has 4 unspecified atom stereocenters. The van der Waals surface area contributed by atoms with E-state index in [0.29, 0.717) is 5.92 Å². The second-order valence-corrected chi connectivity index (χ2v) is 4.40. The van der Waals surface area contributed by atoms with Gasteiger partial charge >= 0.3 is 0 Å². The monoisotopic (exact) mass is 166 g/mol. The zero-order valence-corrected chi connectivity index (χ0v) is 7.96. The van der Waals surface area contributed by atoms with E-state index in [-0.39, 0.29) is 6.10 Å². The van der Waals surface area contributed by atoms with E-state index >= 15 is 0 Å². The molecule has 1 nitrogen and oxygen atoms in total. The molecule has 4 atom stereocenters. The van der Waals surface area contributed by atoms with Gasteiger partial charge in [-0.15, -0.1) is 0 Å². The van der Waals surface area contributed by atoms with Crippen molar-refractivity contribution in [1.82, 2.24) is 0 Å². The molecule has 0 aromatic carbocycles. The Labute approximate surface area is 74.5 Å². The van der Waals surface area contributed by atoms with E-state index in [9.17, 15) is 5.11 Å². The summed E-state index contributed by atoms with van der Waals surface area (Å²) in [5.74, 6) is 2.21. The number of fused-ring (bicyclic) bond motifs is 2. The van der Waals surface area contributed by atoms with Crippen LogP contribution in [0, 0.1) is 17.8 Å². The number of hydrogen-bond acceptors (Lipinski definition) is 1. The van der Waals surface area contributed by atoms with Gasteiger partial charge < -0.3 is 5.11 Å². The molecular formula is C11H18O. The van der Waals surface area contributed by atoms with Crippen LogP contribution in [0.2, 0.25) is 0 Å². The van der Waals surface area contributed by atoms with Gasteiger partial charge in [-0.2, -0.15) is 0 Å². The van der Waals surface area contributed by atoms with Crippen molar-refractivity contribution in [3.8, 4) is 0 Å². The molecule has 1 N–H and O–H groups in total. The second kappa shape index (κ2) is 2.88. The van der Waals surface area contributed by atoms with E-state index < -0.39 is 0 Å². The molecule has 2 bridgehead atoms. The number of allylic oxidation sites excluding steroid dienone is 2. The molecule has 0 heterocycles. The first-order valence-corrected chi connectivity index (χ1v) is 5.05. The number of aliphatic hydroxyl groups is 1. The molecule has 0 aliphatic heterocycles. The molecule has 0 spiro atoms. The first-order chi connectivity index (χ1) is 5.72. The summed E-state index contributed by atoms with van der Waals surface area (Å²) in [4.78, 5) is 0. The largest absolute Gasteiger partial charge is 0.393 e. The minimum absolute atomic E-state index is 0.0848. The molecule has 12 heavy (non-hydrogen) atoms. The smallest absolute Gasteiger partial charge is 0.0543 e. The van der Waals surface area contributed by atoms with Crippen LogP contribution in [0.15, 0.2) is 11.6 Å². The summed E-state index contributed by atoms with van der Waals surface area (Å²) in [6, 6.07) is 0. The van der Waals surface area contributed by atoms with Crippen molar-refractivity contribution >= 4 is 0 Å². The van der Waals surface area contributed by atoms with E-state index in [1.807, 2.05) is 6.92 Å². The second-order valence-electron chi connectivity index (χ2n) is 4.40. The average molecular weight is 166 g/mol. The van der Waals surface area contributed by atoms with Gasteiger partial charge in [-0.1, -0.05) is 11.6 Å². The van der Waals surface area contributed by atoms with Gasteiger partial charge in [0.15, 0.2) is 0 Å². The minimum atomic E-state index is -0.0848. The van der Waals surface area contributed by atoms with Gasteiger partial charge in [0.05, 0.1) is 6.10 Å². The zero-order chi connectivity index (χ0) is 8.72. The molecule has 0 radical (unpaired) electrons. The number of hydrogen-bond donors (Lipinski definition) is 1. The van der Waals surface area contributed by atoms with Crippen molar-refractivity contribution in [1.29, 1.82) is 0 Å². The highest BCUT2D eigenvalue weighted by Crippen LogP contribution is 2.52. The maximum Gasteiger partial charge on any atom is 0.0543 e. The van der Waals surface area contributed by atoms with Crippen molar-refractivity contribution in [3.05, 3.63) is 11.6 Å². The Balaban J connectivity index is 2.08. The van der Waals surface area contributed by atoms with Crippen LogP contribution in [0.25, 0.3) is 0 Å². The Morgan fingerprint density at radius 1 is 1.50 bits per heavy atom. The van der Waals surface area contributed by atoms with Crippen molar-refractivity contribution in [3.63, 3.8) is 0 Å². The highest BCUT2D eigenvalue weighted by Gasteiger charge is 2.43. The first kappa shape index (κ1) is 8.31. The highest BCUT2D eigenvalue weighted by atomic mass is 16.3. The third-order valence-electron chi connectivity index (χ3n) is 3.76. The Morgan fingerprint density at radius 2 is 2.25 bits per heavy atom. The fourth-order valence-electron chi connectivity index (χ4n) is 3.11. The highest BCUT2D eigenvalue weighted by molar-refractivity contribution is 5.17. The molecular weight excluding hydrogens is 148 g/mol. The molecule has 1 heteroatoms. The first-order valence-electron chi connectivity index (χ1n) is 5.05. The standard InChI is InChI=1S/C11H18O/c1-3-8-4-10-5-9(8)6-11(10)7(2)12/h3,7,9-12H,4-6H2,1-2H3/b8-3+. The van der Waals surface area contributed by atoms with Gasteiger partial charge in [0.25, 0.3) is 0 Å². The Morgan fingerprint density at radius 3 is 2.67 bits per heavy atom. The summed E-state index contributed by atoms with van der Waals surface area (Å²) < 4.78 is 0. The van der Waals surface area contributed by atoms with Gasteiger partial charge in [0, 0.05) is 0 Å². The molecule has 0 aromatic rings. The summed E-state index contributed by atoms with van der Waals surface area (Å²) in [6.07, 6.45) is 6.04. The summed E-state index contributed by atoms with van der Waals surface area (Å²) >= 11 is 0. The maximum absolute atomic E-state index is 9.51. The van der Waals surface area contributed by atoms with Gasteiger partial charge in [0.2, 0.25) is 0 Å². The molecule has 0 amide bonds. The Hall–Kier alpha value is -0.300. The maximum atomic E-state index is 9.51. The van der Waals surface area contributed by atoms with Crippen molar-refractivity contribution in [2.75, 3.05) is 0 Å². The third-order valence-corrected chi connectivity index (χ3v) is 3.76. The lowest BCUT2D eigenvalue weighted by Crippen LogP contribution is -2.23. The fourth-order valence-corrected chi connectivity index (χ4v) is 3.11. The van der Waals surface area contributed by atoms with E-state index in [4.69, 9.17) is 0 Å². The van der Waals surface area contributed by atoms with Crippen molar-refractivity contribution in [2.45, 2.75) is 39.2 Å². The van der Waals surface area contributed by atoms with Crippen LogP contribution in [-0.2, 0) is 0 Å². The summed E-state index contributed by atoms with van der Waals surface area (Å²) in [7, 11) is 0.